The molecule has 2 aromatic rings. The van der Waals surface area contributed by atoms with E-state index in [0.29, 0.717) is 13.1 Å². The molecule has 2 aromatic heterocycles. The van der Waals surface area contributed by atoms with E-state index in [1.165, 1.54) is 9.36 Å². The molecular formula is C4H4Cl2N8. The van der Waals surface area contributed by atoms with Crippen LogP contribution in [0.25, 0.3) is 0 Å². The maximum absolute atomic E-state index is 5.65. The van der Waals surface area contributed by atoms with Gasteiger partial charge < -0.3 is 0 Å². The first-order valence-electron chi connectivity index (χ1n) is 3.60. The highest BCUT2D eigenvalue weighted by molar-refractivity contribution is 6.28. The van der Waals surface area contributed by atoms with Crippen LogP contribution in [0.4, 0.5) is 0 Å². The van der Waals surface area contributed by atoms with Crippen LogP contribution in [0.3, 0.4) is 0 Å². The molecule has 0 unspecified atom stereocenters. The van der Waals surface area contributed by atoms with Crippen LogP contribution in [-0.2, 0) is 13.1 Å². The fourth-order valence-corrected chi connectivity index (χ4v) is 1.16. The monoisotopic (exact) mass is 234 g/mol. The van der Waals surface area contributed by atoms with Crippen molar-refractivity contribution < 1.29 is 0 Å². The van der Waals surface area contributed by atoms with Gasteiger partial charge in [0.05, 0.1) is 13.1 Å². The summed E-state index contributed by atoms with van der Waals surface area (Å²) in [6.07, 6.45) is 0. The molecule has 0 saturated carbocycles. The predicted octanol–water partition coefficient (Wildman–Crippen LogP) is -0.333. The van der Waals surface area contributed by atoms with E-state index in [4.69, 9.17) is 23.2 Å². The maximum atomic E-state index is 5.65. The zero-order valence-corrected chi connectivity index (χ0v) is 8.26. The highest BCUT2D eigenvalue weighted by Gasteiger charge is 2.05. The minimum Gasteiger partial charge on any atom is -0.214 e. The molecule has 0 spiro atoms. The number of hydrogen-bond acceptors (Lipinski definition) is 6. The fourth-order valence-electron chi connectivity index (χ4n) is 0.851. The molecule has 74 valence electrons. The number of hydrogen-bond donors (Lipinski definition) is 0. The first-order valence-corrected chi connectivity index (χ1v) is 4.36. The summed E-state index contributed by atoms with van der Waals surface area (Å²) in [7, 11) is 0. The third-order valence-corrected chi connectivity index (χ3v) is 2.04. The Morgan fingerprint density at radius 1 is 0.857 bits per heavy atom. The average Bonchev–Trinajstić information content (AvgIpc) is 2.72. The molecule has 2 heterocycles. The van der Waals surface area contributed by atoms with Gasteiger partial charge in [-0.15, -0.1) is 0 Å². The third kappa shape index (κ3) is 1.80. The van der Waals surface area contributed by atoms with Crippen molar-refractivity contribution in [3.63, 3.8) is 0 Å². The van der Waals surface area contributed by atoms with Crippen LogP contribution in [0.1, 0.15) is 0 Å². The van der Waals surface area contributed by atoms with Crippen LogP contribution in [-0.4, -0.2) is 40.4 Å². The second-order valence-corrected chi connectivity index (χ2v) is 3.02. The van der Waals surface area contributed by atoms with Crippen molar-refractivity contribution >= 4 is 23.2 Å². The lowest BCUT2D eigenvalue weighted by Crippen LogP contribution is -2.10. The summed E-state index contributed by atoms with van der Waals surface area (Å²) in [5.74, 6) is 0. The molecule has 0 aliphatic rings. The summed E-state index contributed by atoms with van der Waals surface area (Å²) in [5.41, 5.74) is 0. The fraction of sp³-hybridized carbons (Fsp3) is 0.500. The van der Waals surface area contributed by atoms with E-state index in [-0.39, 0.29) is 10.6 Å². The number of nitrogens with zero attached hydrogens (tertiary/aromatic N) is 8. The van der Waals surface area contributed by atoms with Gasteiger partial charge in [0.1, 0.15) is 0 Å². The molecule has 0 fully saturated rings. The van der Waals surface area contributed by atoms with Crippen molar-refractivity contribution in [3.8, 4) is 0 Å². The Morgan fingerprint density at radius 2 is 1.29 bits per heavy atom. The van der Waals surface area contributed by atoms with Crippen molar-refractivity contribution in [2.24, 2.45) is 0 Å². The maximum Gasteiger partial charge on any atom is 0.243 e. The second-order valence-electron chi connectivity index (χ2n) is 2.34. The molecule has 0 saturated heterocycles. The number of halogens is 2. The predicted molar refractivity (Wildman–Crippen MR) is 45.7 cm³/mol. The van der Waals surface area contributed by atoms with Gasteiger partial charge in [-0.25, -0.2) is 9.36 Å². The Morgan fingerprint density at radius 3 is 1.57 bits per heavy atom. The van der Waals surface area contributed by atoms with Gasteiger partial charge in [0.15, 0.2) is 0 Å². The number of tetrazole rings is 2. The number of rotatable bonds is 3. The molecule has 0 aromatic carbocycles. The van der Waals surface area contributed by atoms with E-state index in [2.05, 4.69) is 31.1 Å². The normalized spacial score (nSPS) is 10.7. The van der Waals surface area contributed by atoms with Gasteiger partial charge in [0, 0.05) is 0 Å². The van der Waals surface area contributed by atoms with Gasteiger partial charge in [-0.05, 0) is 44.1 Å². The van der Waals surface area contributed by atoms with Gasteiger partial charge in [-0.1, -0.05) is 10.2 Å². The molecule has 2 rings (SSSR count). The summed E-state index contributed by atoms with van der Waals surface area (Å²) < 4.78 is 2.83. The first kappa shape index (κ1) is 9.28. The Hall–Kier alpha value is -1.28. The molecule has 8 nitrogen and oxygen atoms in total. The molecule has 0 radical (unpaired) electrons. The quantitative estimate of drug-likeness (QED) is 0.723. The zero-order chi connectivity index (χ0) is 9.97. The Labute approximate surface area is 87.8 Å². The van der Waals surface area contributed by atoms with Crippen LogP contribution in [0.5, 0.6) is 0 Å². The minimum absolute atomic E-state index is 0.217. The van der Waals surface area contributed by atoms with Crippen molar-refractivity contribution in [2.75, 3.05) is 0 Å². The van der Waals surface area contributed by atoms with Gasteiger partial charge in [0.25, 0.3) is 0 Å². The molecule has 0 bridgehead atoms. The molecule has 0 atom stereocenters. The highest BCUT2D eigenvalue weighted by atomic mass is 35.5. The van der Waals surface area contributed by atoms with Crippen molar-refractivity contribution in [1.29, 1.82) is 0 Å². The van der Waals surface area contributed by atoms with Crippen LogP contribution in [0.15, 0.2) is 0 Å². The van der Waals surface area contributed by atoms with E-state index in [9.17, 15) is 0 Å². The standard InChI is InChI=1S/C4H4Cl2N8/c5-3-7-9-11-13(3)1-2-14-4(6)8-10-12-14/h1-2H2. The van der Waals surface area contributed by atoms with Crippen LogP contribution in [0, 0.1) is 0 Å². The summed E-state index contributed by atoms with van der Waals surface area (Å²) in [5, 5.41) is 21.5. The van der Waals surface area contributed by atoms with Crippen LogP contribution < -0.4 is 0 Å². The van der Waals surface area contributed by atoms with Crippen LogP contribution >= 0.6 is 23.2 Å². The Bertz CT molecular complexity index is 380. The van der Waals surface area contributed by atoms with Gasteiger partial charge >= 0.3 is 0 Å². The summed E-state index contributed by atoms with van der Waals surface area (Å²) in [4.78, 5) is 0. The van der Waals surface area contributed by atoms with E-state index in [0.717, 1.165) is 0 Å². The van der Waals surface area contributed by atoms with E-state index in [1.807, 2.05) is 0 Å². The van der Waals surface area contributed by atoms with Gasteiger partial charge in [-0.3, -0.25) is 0 Å². The third-order valence-electron chi connectivity index (χ3n) is 1.50. The minimum atomic E-state index is 0.217. The smallest absolute Gasteiger partial charge is 0.214 e. The lowest BCUT2D eigenvalue weighted by Gasteiger charge is -2.00. The molecule has 0 aliphatic heterocycles. The van der Waals surface area contributed by atoms with E-state index >= 15 is 0 Å². The first-order chi connectivity index (χ1) is 6.77. The molecule has 0 N–H and O–H groups in total. The second kappa shape index (κ2) is 3.84. The van der Waals surface area contributed by atoms with Crippen molar-refractivity contribution in [1.82, 2.24) is 40.4 Å². The van der Waals surface area contributed by atoms with Crippen molar-refractivity contribution in [2.45, 2.75) is 13.1 Å². The summed E-state index contributed by atoms with van der Waals surface area (Å²) in [6, 6.07) is 0. The summed E-state index contributed by atoms with van der Waals surface area (Å²) >= 11 is 11.3. The Kier molecular flexibility index (Phi) is 2.55. The highest BCUT2D eigenvalue weighted by Crippen LogP contribution is 2.03. The van der Waals surface area contributed by atoms with Gasteiger partial charge in [0.2, 0.25) is 10.6 Å². The average molecular weight is 235 g/mol. The Balaban J connectivity index is 2.02. The number of aromatic nitrogens is 8. The van der Waals surface area contributed by atoms with Crippen LogP contribution in [0.2, 0.25) is 10.6 Å². The number of aryl methyl sites for hydroxylation is 2. The largest absolute Gasteiger partial charge is 0.243 e. The van der Waals surface area contributed by atoms with E-state index < -0.39 is 0 Å². The van der Waals surface area contributed by atoms with Gasteiger partial charge in [-0.2, -0.15) is 0 Å². The lowest BCUT2D eigenvalue weighted by molar-refractivity contribution is 0.481. The molecule has 0 aliphatic carbocycles. The van der Waals surface area contributed by atoms with Crippen molar-refractivity contribution in [3.05, 3.63) is 10.6 Å². The topological polar surface area (TPSA) is 87.2 Å². The molecule has 0 amide bonds. The SMILES string of the molecule is Clc1nnnn1CCn1nnnc1Cl. The summed E-state index contributed by atoms with van der Waals surface area (Å²) in [6.45, 7) is 0.910. The molecule has 14 heavy (non-hydrogen) atoms. The van der Waals surface area contributed by atoms with E-state index in [1.54, 1.807) is 0 Å². The lowest BCUT2D eigenvalue weighted by atomic mass is 10.6. The molecule has 10 heteroatoms. The molecular weight excluding hydrogens is 231 g/mol. The zero-order valence-electron chi connectivity index (χ0n) is 6.75.